The maximum atomic E-state index is 12.9. The number of rotatable bonds is 8. The predicted molar refractivity (Wildman–Crippen MR) is 133 cm³/mol. The number of nitro groups is 1. The topological polar surface area (TPSA) is 119 Å². The zero-order chi connectivity index (χ0) is 25.7. The molecule has 12 heteroatoms. The summed E-state index contributed by atoms with van der Waals surface area (Å²) in [6.07, 6.45) is -1.25. The molecule has 0 aliphatic rings. The van der Waals surface area contributed by atoms with Crippen LogP contribution in [0.3, 0.4) is 0 Å². The van der Waals surface area contributed by atoms with Crippen molar-refractivity contribution in [3.8, 4) is 0 Å². The minimum atomic E-state index is -1.25. The quantitative estimate of drug-likeness (QED) is 0.202. The van der Waals surface area contributed by atoms with E-state index in [1.807, 2.05) is 0 Å². The van der Waals surface area contributed by atoms with E-state index in [1.54, 1.807) is 0 Å². The molecule has 0 bridgehead atoms. The molecule has 3 aromatic rings. The monoisotopic (exact) mass is 556 g/mol. The highest BCUT2D eigenvalue weighted by atomic mass is 35.5. The highest BCUT2D eigenvalue weighted by Gasteiger charge is 2.30. The number of benzene rings is 3. The number of aliphatic hydroxyl groups excluding tert-OH is 1. The van der Waals surface area contributed by atoms with Gasteiger partial charge in [0.15, 0.2) is 0 Å². The highest BCUT2D eigenvalue weighted by Crippen LogP contribution is 2.29. The van der Waals surface area contributed by atoms with Gasteiger partial charge in [0.25, 0.3) is 11.6 Å². The summed E-state index contributed by atoms with van der Waals surface area (Å²) in [5.41, 5.74) is 0.142. The Bertz CT molecular complexity index is 1270. The summed E-state index contributed by atoms with van der Waals surface area (Å²) in [4.78, 5) is 36.2. The number of carbonyl (C=O) groups is 2. The highest BCUT2D eigenvalue weighted by molar-refractivity contribution is 6.37. The third kappa shape index (κ3) is 6.62. The lowest BCUT2D eigenvalue weighted by atomic mass is 10.0. The van der Waals surface area contributed by atoms with Gasteiger partial charge in [-0.25, -0.2) is 4.79 Å². The summed E-state index contributed by atoms with van der Waals surface area (Å²) in [5, 5.41) is 24.4. The van der Waals surface area contributed by atoms with E-state index in [-0.39, 0.29) is 32.4 Å². The standard InChI is InChI=1S/C23H16Cl4N2O6/c24-13-3-7-16(18(26)9-13)22(31)28-20(11-30)21(12-1-5-15(6-2-12)29(33)34)35-23(32)17-8-4-14(25)10-19(17)27/h1-10,20-21,30H,11H2,(H,28,31)/t20-,21+/m0/s1. The number of hydrogen-bond acceptors (Lipinski definition) is 6. The van der Waals surface area contributed by atoms with Gasteiger partial charge >= 0.3 is 5.97 Å². The van der Waals surface area contributed by atoms with Crippen LogP contribution in [0.1, 0.15) is 32.4 Å². The second kappa shape index (κ2) is 11.7. The van der Waals surface area contributed by atoms with Crippen LogP contribution in [0.25, 0.3) is 0 Å². The molecule has 3 aromatic carbocycles. The number of esters is 1. The minimum Gasteiger partial charge on any atom is -0.452 e. The van der Waals surface area contributed by atoms with Crippen LogP contribution in [0.2, 0.25) is 20.1 Å². The normalized spacial score (nSPS) is 12.5. The van der Waals surface area contributed by atoms with Crippen LogP contribution >= 0.6 is 46.4 Å². The van der Waals surface area contributed by atoms with E-state index < -0.39 is 35.6 Å². The zero-order valence-electron chi connectivity index (χ0n) is 17.6. The number of amides is 1. The van der Waals surface area contributed by atoms with Crippen molar-refractivity contribution in [1.82, 2.24) is 5.32 Å². The number of carbonyl (C=O) groups excluding carboxylic acids is 2. The molecular formula is C23H16Cl4N2O6. The molecule has 0 heterocycles. The molecule has 2 N–H and O–H groups in total. The minimum absolute atomic E-state index is 0.00765. The van der Waals surface area contributed by atoms with Crippen molar-refractivity contribution < 1.29 is 24.4 Å². The largest absolute Gasteiger partial charge is 0.452 e. The van der Waals surface area contributed by atoms with Gasteiger partial charge in [-0.1, -0.05) is 46.4 Å². The van der Waals surface area contributed by atoms with Gasteiger partial charge in [-0.15, -0.1) is 0 Å². The lowest BCUT2D eigenvalue weighted by molar-refractivity contribution is -0.384. The Hall–Kier alpha value is -2.88. The summed E-state index contributed by atoms with van der Waals surface area (Å²) in [6, 6.07) is 12.4. The second-order valence-corrected chi connectivity index (χ2v) is 8.87. The van der Waals surface area contributed by atoms with E-state index in [4.69, 9.17) is 51.1 Å². The van der Waals surface area contributed by atoms with Gasteiger partial charge in [-0.3, -0.25) is 14.9 Å². The SMILES string of the molecule is O=C(N[C@@H](CO)[C@H](OC(=O)c1ccc(Cl)cc1Cl)c1ccc([N+](=O)[O-])cc1)c1ccc(Cl)cc1Cl. The predicted octanol–water partition coefficient (Wildman–Crippen LogP) is 5.90. The molecule has 35 heavy (non-hydrogen) atoms. The Balaban J connectivity index is 1.95. The molecule has 0 aromatic heterocycles. The molecule has 0 fully saturated rings. The fourth-order valence-electron chi connectivity index (χ4n) is 3.14. The molecule has 0 spiro atoms. The third-order valence-corrected chi connectivity index (χ3v) is 5.97. The molecule has 0 radical (unpaired) electrons. The number of aliphatic hydroxyl groups is 1. The third-order valence-electron chi connectivity index (χ3n) is 4.87. The summed E-state index contributed by atoms with van der Waals surface area (Å²) in [6.45, 7) is -0.653. The molecule has 0 saturated carbocycles. The number of nitrogens with one attached hydrogen (secondary N) is 1. The molecule has 0 aliphatic carbocycles. The van der Waals surface area contributed by atoms with Crippen LogP contribution < -0.4 is 5.32 Å². The number of hydrogen-bond donors (Lipinski definition) is 2. The van der Waals surface area contributed by atoms with E-state index in [1.165, 1.54) is 60.7 Å². The summed E-state index contributed by atoms with van der Waals surface area (Å²) in [7, 11) is 0. The Morgan fingerprint density at radius 1 is 0.914 bits per heavy atom. The molecule has 3 rings (SSSR count). The molecule has 8 nitrogen and oxygen atoms in total. The van der Waals surface area contributed by atoms with Gasteiger partial charge in [0.1, 0.15) is 6.10 Å². The summed E-state index contributed by atoms with van der Waals surface area (Å²) >= 11 is 24.0. The first kappa shape index (κ1) is 26.7. The molecular weight excluding hydrogens is 542 g/mol. The van der Waals surface area contributed by atoms with Crippen molar-refractivity contribution in [3.05, 3.63) is 108 Å². The number of nitro benzene ring substituents is 1. The van der Waals surface area contributed by atoms with Crippen molar-refractivity contribution in [3.63, 3.8) is 0 Å². The van der Waals surface area contributed by atoms with Crippen molar-refractivity contribution >= 4 is 64.0 Å². The van der Waals surface area contributed by atoms with Crippen molar-refractivity contribution in [1.29, 1.82) is 0 Å². The van der Waals surface area contributed by atoms with E-state index in [9.17, 15) is 24.8 Å². The first-order chi connectivity index (χ1) is 16.6. The van der Waals surface area contributed by atoms with Crippen LogP contribution in [0.15, 0.2) is 60.7 Å². The average molecular weight is 558 g/mol. The van der Waals surface area contributed by atoms with E-state index in [0.717, 1.165) is 0 Å². The number of halogens is 4. The van der Waals surface area contributed by atoms with Crippen LogP contribution in [-0.4, -0.2) is 34.6 Å². The number of ether oxygens (including phenoxy) is 1. The fourth-order valence-corrected chi connectivity index (χ4v) is 4.12. The second-order valence-electron chi connectivity index (χ2n) is 7.19. The van der Waals surface area contributed by atoms with Crippen LogP contribution in [-0.2, 0) is 4.74 Å². The Morgan fingerprint density at radius 2 is 1.46 bits per heavy atom. The first-order valence-electron chi connectivity index (χ1n) is 9.88. The first-order valence-corrected chi connectivity index (χ1v) is 11.4. The van der Waals surface area contributed by atoms with Crippen LogP contribution in [0, 0.1) is 10.1 Å². The fraction of sp³-hybridized carbons (Fsp3) is 0.130. The number of non-ortho nitro benzene ring substituents is 1. The molecule has 0 saturated heterocycles. The number of nitrogens with zero attached hydrogens (tertiary/aromatic N) is 1. The van der Waals surface area contributed by atoms with E-state index in [0.29, 0.717) is 10.0 Å². The Kier molecular flexibility index (Phi) is 8.93. The van der Waals surface area contributed by atoms with Gasteiger partial charge in [0.2, 0.25) is 0 Å². The maximum Gasteiger partial charge on any atom is 0.340 e. The van der Waals surface area contributed by atoms with Gasteiger partial charge in [-0.05, 0) is 54.1 Å². The zero-order valence-corrected chi connectivity index (χ0v) is 20.6. The van der Waals surface area contributed by atoms with Crippen molar-refractivity contribution in [2.45, 2.75) is 12.1 Å². The molecule has 1 amide bonds. The van der Waals surface area contributed by atoms with Crippen LogP contribution in [0.4, 0.5) is 5.69 Å². The van der Waals surface area contributed by atoms with Gasteiger partial charge < -0.3 is 15.2 Å². The van der Waals surface area contributed by atoms with Gasteiger partial charge in [0, 0.05) is 22.2 Å². The van der Waals surface area contributed by atoms with Crippen LogP contribution in [0.5, 0.6) is 0 Å². The Morgan fingerprint density at radius 3 is 1.94 bits per heavy atom. The average Bonchev–Trinajstić information content (AvgIpc) is 2.81. The van der Waals surface area contributed by atoms with E-state index >= 15 is 0 Å². The maximum absolute atomic E-state index is 12.9. The lowest BCUT2D eigenvalue weighted by Crippen LogP contribution is -2.43. The Labute approximate surface area is 219 Å². The summed E-state index contributed by atoms with van der Waals surface area (Å²) < 4.78 is 5.62. The summed E-state index contributed by atoms with van der Waals surface area (Å²) in [5.74, 6) is -1.54. The van der Waals surface area contributed by atoms with Crippen molar-refractivity contribution in [2.24, 2.45) is 0 Å². The van der Waals surface area contributed by atoms with Gasteiger partial charge in [0.05, 0.1) is 38.7 Å². The molecule has 0 unspecified atom stereocenters. The molecule has 0 aliphatic heterocycles. The molecule has 2 atom stereocenters. The van der Waals surface area contributed by atoms with Gasteiger partial charge in [-0.2, -0.15) is 0 Å². The van der Waals surface area contributed by atoms with E-state index in [2.05, 4.69) is 5.32 Å². The smallest absolute Gasteiger partial charge is 0.340 e. The molecule has 182 valence electrons. The lowest BCUT2D eigenvalue weighted by Gasteiger charge is -2.27. The van der Waals surface area contributed by atoms with Crippen molar-refractivity contribution in [2.75, 3.05) is 6.61 Å².